The molecule has 0 saturated heterocycles. The number of carbonyl (C=O) groups excluding carboxylic acids is 1. The molecule has 1 amide bonds. The number of hydrogen-bond donors (Lipinski definition) is 2. The van der Waals surface area contributed by atoms with Gasteiger partial charge in [0, 0.05) is 17.7 Å². The number of phenolic OH excluding ortho intramolecular Hbond substituents is 1. The molecule has 0 saturated carbocycles. The van der Waals surface area contributed by atoms with Crippen LogP contribution >= 0.6 is 0 Å². The molecular weight excluding hydrogens is 464 g/mol. The highest BCUT2D eigenvalue weighted by Crippen LogP contribution is 2.28. The number of anilines is 1. The topological polar surface area (TPSA) is 151 Å². The van der Waals surface area contributed by atoms with E-state index in [-0.39, 0.29) is 33.3 Å². The lowest BCUT2D eigenvalue weighted by Gasteiger charge is -2.23. The second-order valence-corrected chi connectivity index (χ2v) is 8.66. The molecule has 176 valence electrons. The monoisotopic (exact) mass is 484 g/mol. The molecule has 0 bridgehead atoms. The molecule has 2 N–H and O–H groups in total. The van der Waals surface area contributed by atoms with Gasteiger partial charge in [-0.25, -0.2) is 13.8 Å². The van der Waals surface area contributed by atoms with Crippen LogP contribution in [0.15, 0.2) is 82.8 Å². The van der Waals surface area contributed by atoms with Gasteiger partial charge in [0.15, 0.2) is 11.5 Å². The molecule has 0 aliphatic carbocycles. The van der Waals surface area contributed by atoms with E-state index in [9.17, 15) is 28.4 Å². The standard InChI is InChI=1S/C22H20N4O7S/c1-33-20-12-5-7-16(22(20)28)14-23-24-21(27)15-25(17-8-6-9-18(13-17)26(29)30)34(31,32)19-10-3-2-4-11-19/h2-14,28H,15H2,1H3,(H,24,27). The predicted octanol–water partition coefficient (Wildman–Crippen LogP) is 2.65. The second-order valence-electron chi connectivity index (χ2n) is 6.79. The maximum atomic E-state index is 13.3. The SMILES string of the molecule is COc1cccc(C=NNC(=O)CN(c2cccc([N+](=O)[O-])c2)S(=O)(=O)c2ccccc2)c1O. The number of nitro benzene ring substituents is 1. The van der Waals surface area contributed by atoms with Crippen LogP contribution in [0.5, 0.6) is 11.5 Å². The van der Waals surface area contributed by atoms with Gasteiger partial charge >= 0.3 is 0 Å². The van der Waals surface area contributed by atoms with Crippen LogP contribution in [0.4, 0.5) is 11.4 Å². The van der Waals surface area contributed by atoms with E-state index in [2.05, 4.69) is 10.5 Å². The van der Waals surface area contributed by atoms with Crippen molar-refractivity contribution in [2.45, 2.75) is 4.90 Å². The number of methoxy groups -OCH3 is 1. The normalized spacial score (nSPS) is 11.2. The van der Waals surface area contributed by atoms with Gasteiger partial charge in [-0.1, -0.05) is 30.3 Å². The molecule has 3 aromatic rings. The Labute approximate surface area is 195 Å². The van der Waals surface area contributed by atoms with Gasteiger partial charge in [0.25, 0.3) is 21.6 Å². The minimum absolute atomic E-state index is 0.0670. The summed E-state index contributed by atoms with van der Waals surface area (Å²) < 4.78 is 32.3. The van der Waals surface area contributed by atoms with Crippen molar-refractivity contribution in [1.29, 1.82) is 0 Å². The molecule has 3 aromatic carbocycles. The molecule has 0 heterocycles. The molecule has 0 atom stereocenters. The van der Waals surface area contributed by atoms with E-state index in [0.29, 0.717) is 0 Å². The maximum absolute atomic E-state index is 13.3. The van der Waals surface area contributed by atoms with Crippen molar-refractivity contribution in [3.05, 3.63) is 88.5 Å². The summed E-state index contributed by atoms with van der Waals surface area (Å²) in [6.45, 7) is -0.709. The van der Waals surface area contributed by atoms with Crippen LogP contribution in [0, 0.1) is 10.1 Å². The van der Waals surface area contributed by atoms with Gasteiger partial charge in [0.1, 0.15) is 6.54 Å². The number of ether oxygens (including phenoxy) is 1. The third-order valence-electron chi connectivity index (χ3n) is 4.59. The first-order valence-electron chi connectivity index (χ1n) is 9.74. The van der Waals surface area contributed by atoms with Crippen molar-refractivity contribution < 1.29 is 28.0 Å². The van der Waals surface area contributed by atoms with Crippen LogP contribution in [0.2, 0.25) is 0 Å². The number of phenols is 1. The average Bonchev–Trinajstić information content (AvgIpc) is 2.84. The Kier molecular flexibility index (Phi) is 7.43. The molecule has 0 radical (unpaired) electrons. The van der Waals surface area contributed by atoms with Gasteiger partial charge < -0.3 is 9.84 Å². The zero-order valence-corrected chi connectivity index (χ0v) is 18.7. The molecule has 0 aromatic heterocycles. The summed E-state index contributed by atoms with van der Waals surface area (Å²) in [5.41, 5.74) is 2.05. The van der Waals surface area contributed by atoms with E-state index in [1.165, 1.54) is 67.9 Å². The Balaban J connectivity index is 1.88. The molecule has 34 heavy (non-hydrogen) atoms. The Morgan fingerprint density at radius 1 is 1.15 bits per heavy atom. The molecule has 0 spiro atoms. The number of sulfonamides is 1. The lowest BCUT2D eigenvalue weighted by atomic mass is 10.2. The highest BCUT2D eigenvalue weighted by atomic mass is 32.2. The van der Waals surface area contributed by atoms with Crippen LogP contribution in [0.25, 0.3) is 0 Å². The molecule has 0 aliphatic heterocycles. The summed E-state index contributed by atoms with van der Waals surface area (Å²) >= 11 is 0. The number of benzene rings is 3. The number of non-ortho nitro benzene ring substituents is 1. The first-order valence-corrected chi connectivity index (χ1v) is 11.2. The molecule has 11 nitrogen and oxygen atoms in total. The number of aromatic hydroxyl groups is 1. The fraction of sp³-hybridized carbons (Fsp3) is 0.0909. The van der Waals surface area contributed by atoms with E-state index >= 15 is 0 Å². The average molecular weight is 484 g/mol. The Bertz CT molecular complexity index is 1330. The van der Waals surface area contributed by atoms with Gasteiger partial charge in [-0.15, -0.1) is 0 Å². The maximum Gasteiger partial charge on any atom is 0.271 e. The molecule has 12 heteroatoms. The van der Waals surface area contributed by atoms with Crippen LogP contribution in [-0.4, -0.2) is 44.2 Å². The van der Waals surface area contributed by atoms with Gasteiger partial charge in [0.05, 0.1) is 28.8 Å². The molecular formula is C22H20N4O7S. The van der Waals surface area contributed by atoms with E-state index < -0.39 is 27.4 Å². The summed E-state index contributed by atoms with van der Waals surface area (Å²) in [4.78, 5) is 23.0. The fourth-order valence-corrected chi connectivity index (χ4v) is 4.38. The highest BCUT2D eigenvalue weighted by Gasteiger charge is 2.28. The van der Waals surface area contributed by atoms with Gasteiger partial charge in [0.2, 0.25) is 0 Å². The Morgan fingerprint density at radius 2 is 1.85 bits per heavy atom. The van der Waals surface area contributed by atoms with Crippen LogP contribution in [0.1, 0.15) is 5.56 Å². The van der Waals surface area contributed by atoms with Crippen molar-refractivity contribution in [1.82, 2.24) is 5.43 Å². The summed E-state index contributed by atoms with van der Waals surface area (Å²) in [7, 11) is -2.86. The molecule has 0 fully saturated rings. The molecule has 3 rings (SSSR count). The summed E-state index contributed by atoms with van der Waals surface area (Å²) in [5, 5.41) is 25.0. The van der Waals surface area contributed by atoms with Crippen molar-refractivity contribution in [2.24, 2.45) is 5.10 Å². The Hall–Kier alpha value is -4.45. The zero-order valence-electron chi connectivity index (χ0n) is 17.9. The second kappa shape index (κ2) is 10.4. The van der Waals surface area contributed by atoms with Crippen LogP contribution in [-0.2, 0) is 14.8 Å². The van der Waals surface area contributed by atoms with Gasteiger partial charge in [-0.3, -0.25) is 19.2 Å². The van der Waals surface area contributed by atoms with Crippen LogP contribution < -0.4 is 14.5 Å². The number of nitrogens with one attached hydrogen (secondary N) is 1. The number of nitro groups is 1. The van der Waals surface area contributed by atoms with Gasteiger partial charge in [-0.05, 0) is 30.3 Å². The van der Waals surface area contributed by atoms with Crippen molar-refractivity contribution in [3.63, 3.8) is 0 Å². The number of amides is 1. The Morgan fingerprint density at radius 3 is 2.53 bits per heavy atom. The number of hydrogen-bond acceptors (Lipinski definition) is 8. The number of carbonyl (C=O) groups is 1. The van der Waals surface area contributed by atoms with E-state index in [0.717, 1.165) is 10.4 Å². The lowest BCUT2D eigenvalue weighted by Crippen LogP contribution is -2.39. The summed E-state index contributed by atoms with van der Waals surface area (Å²) in [5.74, 6) is -0.793. The third-order valence-corrected chi connectivity index (χ3v) is 6.38. The molecule has 0 unspecified atom stereocenters. The first kappa shape index (κ1) is 24.2. The van der Waals surface area contributed by atoms with E-state index in [4.69, 9.17) is 4.74 Å². The fourth-order valence-electron chi connectivity index (χ4n) is 2.94. The summed E-state index contributed by atoms with van der Waals surface area (Å²) in [6, 6.07) is 17.0. The number of nitrogens with zero attached hydrogens (tertiary/aromatic N) is 3. The largest absolute Gasteiger partial charge is 0.504 e. The van der Waals surface area contributed by atoms with E-state index in [1.807, 2.05) is 0 Å². The summed E-state index contributed by atoms with van der Waals surface area (Å²) in [6.07, 6.45) is 1.17. The zero-order chi connectivity index (χ0) is 24.7. The van der Waals surface area contributed by atoms with Crippen LogP contribution in [0.3, 0.4) is 0 Å². The van der Waals surface area contributed by atoms with Gasteiger partial charge in [-0.2, -0.15) is 5.10 Å². The first-order chi connectivity index (χ1) is 16.2. The smallest absolute Gasteiger partial charge is 0.271 e. The van der Waals surface area contributed by atoms with E-state index in [1.54, 1.807) is 12.1 Å². The third kappa shape index (κ3) is 5.48. The van der Waals surface area contributed by atoms with Crippen molar-refractivity contribution in [3.8, 4) is 11.5 Å². The van der Waals surface area contributed by atoms with Crippen molar-refractivity contribution in [2.75, 3.05) is 18.0 Å². The minimum atomic E-state index is -4.24. The lowest BCUT2D eigenvalue weighted by molar-refractivity contribution is -0.384. The minimum Gasteiger partial charge on any atom is -0.504 e. The van der Waals surface area contributed by atoms with Crippen molar-refractivity contribution >= 4 is 33.5 Å². The number of hydrazone groups is 1. The predicted molar refractivity (Wildman–Crippen MR) is 124 cm³/mol. The molecule has 0 aliphatic rings. The quantitative estimate of drug-likeness (QED) is 0.269. The number of rotatable bonds is 9. The highest BCUT2D eigenvalue weighted by molar-refractivity contribution is 7.92. The number of para-hydroxylation sites is 1.